The number of allylic oxidation sites excluding steroid dienone is 4. The second kappa shape index (κ2) is 5.41. The Labute approximate surface area is 90.9 Å². The van der Waals surface area contributed by atoms with Gasteiger partial charge in [-0.25, -0.2) is 8.42 Å². The maximum absolute atomic E-state index is 11.6. The van der Waals surface area contributed by atoms with Crippen molar-refractivity contribution in [3.05, 3.63) is 47.7 Å². The lowest BCUT2D eigenvalue weighted by Crippen LogP contribution is -2.22. The Kier molecular flexibility index (Phi) is 4.87. The van der Waals surface area contributed by atoms with E-state index in [2.05, 4.69) is 17.9 Å². The van der Waals surface area contributed by atoms with Crippen LogP contribution in [-0.4, -0.2) is 8.42 Å². The molecule has 0 saturated heterocycles. The van der Waals surface area contributed by atoms with Crippen molar-refractivity contribution < 1.29 is 8.42 Å². The Bertz CT molecular complexity index is 417. The van der Waals surface area contributed by atoms with Crippen molar-refractivity contribution in [2.45, 2.75) is 13.8 Å². The van der Waals surface area contributed by atoms with Crippen LogP contribution >= 0.6 is 0 Å². The molecule has 0 unspecified atom stereocenters. The predicted octanol–water partition coefficient (Wildman–Crippen LogP) is 1.37. The molecule has 4 nitrogen and oxygen atoms in total. The first kappa shape index (κ1) is 13.5. The molecule has 0 aromatic carbocycles. The fourth-order valence-electron chi connectivity index (χ4n) is 0.659. The molecule has 0 aliphatic heterocycles. The zero-order chi connectivity index (χ0) is 12.1. The normalized spacial score (nSPS) is 13.5. The molecule has 0 bridgehead atoms. The molecular weight excluding hydrogens is 212 g/mol. The van der Waals surface area contributed by atoms with Crippen LogP contribution < -0.4 is 10.5 Å². The number of nitrogens with two attached hydrogens (primary N) is 1. The molecule has 3 N–H and O–H groups in total. The zero-order valence-electron chi connectivity index (χ0n) is 8.95. The zero-order valence-corrected chi connectivity index (χ0v) is 9.76. The monoisotopic (exact) mass is 228 g/mol. The second-order valence-electron chi connectivity index (χ2n) is 2.89. The van der Waals surface area contributed by atoms with Gasteiger partial charge in [0.25, 0.3) is 10.0 Å². The number of sulfonamides is 1. The Hall–Kier alpha value is -1.49. The molecule has 0 aliphatic carbocycles. The van der Waals surface area contributed by atoms with Crippen molar-refractivity contribution in [2.24, 2.45) is 5.73 Å². The SMILES string of the molecule is C=C/C(N)=C\C(=C)S(=O)(=O)N/C(C)=C/C. The number of rotatable bonds is 5. The van der Waals surface area contributed by atoms with Crippen LogP contribution in [0.2, 0.25) is 0 Å². The molecular formula is C10H16N2O2S. The lowest BCUT2D eigenvalue weighted by atomic mass is 10.4. The first-order chi connectivity index (χ1) is 6.83. The molecule has 0 fully saturated rings. The number of hydrogen-bond acceptors (Lipinski definition) is 3. The first-order valence-electron chi connectivity index (χ1n) is 4.27. The van der Waals surface area contributed by atoms with E-state index in [1.165, 1.54) is 12.2 Å². The summed E-state index contributed by atoms with van der Waals surface area (Å²) in [6.07, 6.45) is 4.24. The fraction of sp³-hybridized carbons (Fsp3) is 0.200. The summed E-state index contributed by atoms with van der Waals surface area (Å²) in [5, 5.41) is 0. The Morgan fingerprint density at radius 2 is 2.00 bits per heavy atom. The maximum atomic E-state index is 11.6. The minimum absolute atomic E-state index is 0.0962. The van der Waals surface area contributed by atoms with E-state index in [9.17, 15) is 8.42 Å². The van der Waals surface area contributed by atoms with Crippen molar-refractivity contribution >= 4 is 10.0 Å². The van der Waals surface area contributed by atoms with E-state index in [0.29, 0.717) is 5.70 Å². The van der Waals surface area contributed by atoms with Crippen molar-refractivity contribution in [1.29, 1.82) is 0 Å². The molecule has 0 rings (SSSR count). The molecule has 0 spiro atoms. The van der Waals surface area contributed by atoms with Crippen molar-refractivity contribution in [1.82, 2.24) is 4.72 Å². The van der Waals surface area contributed by atoms with Crippen molar-refractivity contribution in [3.8, 4) is 0 Å². The van der Waals surface area contributed by atoms with Crippen LogP contribution in [0.3, 0.4) is 0 Å². The maximum Gasteiger partial charge on any atom is 0.261 e. The van der Waals surface area contributed by atoms with Gasteiger partial charge in [0.15, 0.2) is 0 Å². The predicted molar refractivity (Wildman–Crippen MR) is 63.1 cm³/mol. The van der Waals surface area contributed by atoms with E-state index in [1.54, 1.807) is 19.9 Å². The third kappa shape index (κ3) is 4.51. The highest BCUT2D eigenvalue weighted by Gasteiger charge is 2.12. The minimum Gasteiger partial charge on any atom is -0.399 e. The van der Waals surface area contributed by atoms with Crippen LogP contribution in [0, 0.1) is 0 Å². The Balaban J connectivity index is 4.92. The standard InChI is InChI=1S/C10H16N2O2S/c1-5-8(3)12-15(13,14)9(4)7-10(11)6-2/h5-7,12H,2,4,11H2,1,3H3/b8-5+,10-7+. The van der Waals surface area contributed by atoms with Crippen molar-refractivity contribution in [3.63, 3.8) is 0 Å². The molecule has 15 heavy (non-hydrogen) atoms. The summed E-state index contributed by atoms with van der Waals surface area (Å²) < 4.78 is 25.5. The highest BCUT2D eigenvalue weighted by Crippen LogP contribution is 2.07. The van der Waals surface area contributed by atoms with Crippen LogP contribution in [0.15, 0.2) is 47.7 Å². The lowest BCUT2D eigenvalue weighted by Gasteiger charge is -2.07. The van der Waals surface area contributed by atoms with Gasteiger partial charge in [-0.05, 0) is 26.0 Å². The molecule has 0 amide bonds. The molecule has 0 aromatic rings. The highest BCUT2D eigenvalue weighted by atomic mass is 32.2. The molecule has 0 radical (unpaired) electrons. The number of nitrogens with one attached hydrogen (secondary N) is 1. The third-order valence-corrected chi connectivity index (χ3v) is 3.04. The van der Waals surface area contributed by atoms with E-state index in [4.69, 9.17) is 5.73 Å². The molecule has 0 aliphatic rings. The van der Waals surface area contributed by atoms with E-state index in [0.717, 1.165) is 0 Å². The molecule has 84 valence electrons. The fourth-order valence-corrected chi connectivity index (χ4v) is 1.62. The molecule has 0 heterocycles. The van der Waals surface area contributed by atoms with Crippen LogP contribution in [0.4, 0.5) is 0 Å². The quantitative estimate of drug-likeness (QED) is 0.698. The van der Waals surface area contributed by atoms with Gasteiger partial charge < -0.3 is 5.73 Å². The summed E-state index contributed by atoms with van der Waals surface area (Å²) in [6.45, 7) is 10.2. The Morgan fingerprint density at radius 3 is 2.40 bits per heavy atom. The van der Waals surface area contributed by atoms with E-state index in [-0.39, 0.29) is 10.6 Å². The van der Waals surface area contributed by atoms with Gasteiger partial charge in [0.05, 0.1) is 4.91 Å². The molecule has 0 aromatic heterocycles. The average molecular weight is 228 g/mol. The summed E-state index contributed by atoms with van der Waals surface area (Å²) in [7, 11) is -3.59. The van der Waals surface area contributed by atoms with Gasteiger partial charge >= 0.3 is 0 Å². The lowest BCUT2D eigenvalue weighted by molar-refractivity contribution is 0.596. The molecule has 0 atom stereocenters. The average Bonchev–Trinajstić information content (AvgIpc) is 2.16. The summed E-state index contributed by atoms with van der Waals surface area (Å²) in [5.41, 5.74) is 6.19. The van der Waals surface area contributed by atoms with E-state index in [1.807, 2.05) is 0 Å². The topological polar surface area (TPSA) is 72.2 Å². The van der Waals surface area contributed by atoms with Gasteiger partial charge in [-0.2, -0.15) is 0 Å². The third-order valence-electron chi connectivity index (χ3n) is 1.64. The summed E-state index contributed by atoms with van der Waals surface area (Å²) in [6, 6.07) is 0. The largest absolute Gasteiger partial charge is 0.399 e. The smallest absolute Gasteiger partial charge is 0.261 e. The van der Waals surface area contributed by atoms with Gasteiger partial charge in [-0.3, -0.25) is 4.72 Å². The molecule has 0 saturated carbocycles. The second-order valence-corrected chi connectivity index (χ2v) is 4.63. The number of hydrogen-bond donors (Lipinski definition) is 2. The Morgan fingerprint density at radius 1 is 1.47 bits per heavy atom. The van der Waals surface area contributed by atoms with Gasteiger partial charge in [0.1, 0.15) is 0 Å². The molecule has 5 heteroatoms. The van der Waals surface area contributed by atoms with Crippen LogP contribution in [0.25, 0.3) is 0 Å². The van der Waals surface area contributed by atoms with Gasteiger partial charge in [0.2, 0.25) is 0 Å². The van der Waals surface area contributed by atoms with Crippen LogP contribution in [0.1, 0.15) is 13.8 Å². The van der Waals surface area contributed by atoms with Gasteiger partial charge in [-0.1, -0.05) is 19.2 Å². The first-order valence-corrected chi connectivity index (χ1v) is 5.76. The summed E-state index contributed by atoms with van der Waals surface area (Å²) >= 11 is 0. The highest BCUT2D eigenvalue weighted by molar-refractivity contribution is 7.93. The summed E-state index contributed by atoms with van der Waals surface area (Å²) in [4.78, 5) is -0.0962. The van der Waals surface area contributed by atoms with Gasteiger partial charge in [-0.15, -0.1) is 0 Å². The van der Waals surface area contributed by atoms with Crippen molar-refractivity contribution in [2.75, 3.05) is 0 Å². The minimum atomic E-state index is -3.59. The van der Waals surface area contributed by atoms with Crippen LogP contribution in [-0.2, 0) is 10.0 Å². The summed E-state index contributed by atoms with van der Waals surface area (Å²) in [5.74, 6) is 0. The van der Waals surface area contributed by atoms with E-state index >= 15 is 0 Å². The van der Waals surface area contributed by atoms with Crippen LogP contribution in [0.5, 0.6) is 0 Å². The van der Waals surface area contributed by atoms with Gasteiger partial charge in [0, 0.05) is 11.4 Å². The van der Waals surface area contributed by atoms with E-state index < -0.39 is 10.0 Å².